The third kappa shape index (κ3) is 3.43. The Kier molecular flexibility index (Phi) is 3.99. The lowest BCUT2D eigenvalue weighted by molar-refractivity contribution is 0.147. The van der Waals surface area contributed by atoms with Crippen molar-refractivity contribution in [3.05, 3.63) is 12.1 Å². The van der Waals surface area contributed by atoms with Gasteiger partial charge in [0.1, 0.15) is 13.2 Å². The standard InChI is InChI=1S/C13H18N2O4/c1-8(2)7-19-13(16)15-10-6-12-11(5-9(10)14)17-3-4-18-12/h5-6,8H,3-4,7,14H2,1-2H3,(H,15,16). The number of anilines is 2. The Balaban J connectivity index is 2.05. The molecule has 0 saturated heterocycles. The van der Waals surface area contributed by atoms with Gasteiger partial charge in [-0.3, -0.25) is 5.32 Å². The fourth-order valence-electron chi connectivity index (χ4n) is 1.60. The number of hydrogen-bond donors (Lipinski definition) is 2. The summed E-state index contributed by atoms with van der Waals surface area (Å²) >= 11 is 0. The topological polar surface area (TPSA) is 82.8 Å². The van der Waals surface area contributed by atoms with Crippen LogP contribution in [0.3, 0.4) is 0 Å². The van der Waals surface area contributed by atoms with E-state index in [1.165, 1.54) is 0 Å². The molecule has 1 aliphatic rings. The van der Waals surface area contributed by atoms with Crippen molar-refractivity contribution in [2.24, 2.45) is 5.92 Å². The van der Waals surface area contributed by atoms with E-state index in [0.717, 1.165) is 0 Å². The smallest absolute Gasteiger partial charge is 0.411 e. The van der Waals surface area contributed by atoms with Gasteiger partial charge in [0.15, 0.2) is 11.5 Å². The molecule has 3 N–H and O–H groups in total. The minimum absolute atomic E-state index is 0.281. The van der Waals surface area contributed by atoms with Crippen LogP contribution in [0, 0.1) is 5.92 Å². The van der Waals surface area contributed by atoms with Gasteiger partial charge in [0.05, 0.1) is 18.0 Å². The lowest BCUT2D eigenvalue weighted by Gasteiger charge is -2.20. The summed E-state index contributed by atoms with van der Waals surface area (Å²) in [6, 6.07) is 3.27. The number of amides is 1. The van der Waals surface area contributed by atoms with Crippen LogP contribution in [0.25, 0.3) is 0 Å². The van der Waals surface area contributed by atoms with Gasteiger partial charge >= 0.3 is 6.09 Å². The van der Waals surface area contributed by atoms with E-state index in [9.17, 15) is 4.79 Å². The van der Waals surface area contributed by atoms with E-state index in [1.54, 1.807) is 12.1 Å². The molecule has 1 aliphatic heterocycles. The molecule has 1 aromatic rings. The molecule has 0 fully saturated rings. The zero-order valence-corrected chi connectivity index (χ0v) is 11.1. The molecule has 0 atom stereocenters. The van der Waals surface area contributed by atoms with Crippen LogP contribution in [0.1, 0.15) is 13.8 Å². The Morgan fingerprint density at radius 3 is 2.63 bits per heavy atom. The van der Waals surface area contributed by atoms with E-state index in [0.29, 0.717) is 42.7 Å². The van der Waals surface area contributed by atoms with E-state index in [4.69, 9.17) is 19.9 Å². The number of nitrogen functional groups attached to an aromatic ring is 1. The van der Waals surface area contributed by atoms with Crippen LogP contribution in [0.4, 0.5) is 16.2 Å². The van der Waals surface area contributed by atoms with Gasteiger partial charge in [-0.15, -0.1) is 0 Å². The third-order valence-electron chi connectivity index (χ3n) is 2.50. The molecular weight excluding hydrogens is 248 g/mol. The SMILES string of the molecule is CC(C)COC(=O)Nc1cc2c(cc1N)OCCO2. The summed E-state index contributed by atoms with van der Waals surface area (Å²) in [5, 5.41) is 2.59. The highest BCUT2D eigenvalue weighted by molar-refractivity contribution is 5.90. The molecule has 6 nitrogen and oxygen atoms in total. The maximum Gasteiger partial charge on any atom is 0.411 e. The normalized spacial score (nSPS) is 13.2. The molecule has 6 heteroatoms. The Labute approximate surface area is 111 Å². The molecule has 1 heterocycles. The van der Waals surface area contributed by atoms with Crippen molar-refractivity contribution in [1.29, 1.82) is 0 Å². The van der Waals surface area contributed by atoms with Gasteiger partial charge in [-0.25, -0.2) is 4.79 Å². The number of benzene rings is 1. The third-order valence-corrected chi connectivity index (χ3v) is 2.50. The predicted octanol–water partition coefficient (Wildman–Crippen LogP) is 2.24. The highest BCUT2D eigenvalue weighted by atomic mass is 16.6. The van der Waals surface area contributed by atoms with Crippen molar-refractivity contribution < 1.29 is 19.0 Å². The first-order chi connectivity index (χ1) is 9.06. The average molecular weight is 266 g/mol. The quantitative estimate of drug-likeness (QED) is 0.820. The predicted molar refractivity (Wildman–Crippen MR) is 71.7 cm³/mol. The molecule has 104 valence electrons. The molecule has 0 spiro atoms. The number of fused-ring (bicyclic) bond motifs is 1. The van der Waals surface area contributed by atoms with Crippen LogP contribution in [-0.4, -0.2) is 25.9 Å². The summed E-state index contributed by atoms with van der Waals surface area (Å²) in [6.07, 6.45) is -0.530. The highest BCUT2D eigenvalue weighted by Gasteiger charge is 2.16. The first kappa shape index (κ1) is 13.3. The minimum Gasteiger partial charge on any atom is -0.486 e. The van der Waals surface area contributed by atoms with Crippen molar-refractivity contribution in [3.8, 4) is 11.5 Å². The first-order valence-corrected chi connectivity index (χ1v) is 6.19. The molecular formula is C13H18N2O4. The molecule has 0 bridgehead atoms. The molecule has 2 rings (SSSR count). The monoisotopic (exact) mass is 266 g/mol. The maximum absolute atomic E-state index is 11.6. The Hall–Kier alpha value is -2.11. The lowest BCUT2D eigenvalue weighted by Crippen LogP contribution is -2.19. The number of rotatable bonds is 3. The molecule has 1 amide bonds. The molecule has 0 aliphatic carbocycles. The number of nitrogens with one attached hydrogen (secondary N) is 1. The zero-order chi connectivity index (χ0) is 13.8. The first-order valence-electron chi connectivity index (χ1n) is 6.19. The summed E-state index contributed by atoms with van der Waals surface area (Å²) < 4.78 is 15.8. The number of carbonyl (C=O) groups excluding carboxylic acids is 1. The van der Waals surface area contributed by atoms with Gasteiger partial charge in [0.25, 0.3) is 0 Å². The van der Waals surface area contributed by atoms with Crippen molar-refractivity contribution >= 4 is 17.5 Å². The van der Waals surface area contributed by atoms with Gasteiger partial charge in [0.2, 0.25) is 0 Å². The van der Waals surface area contributed by atoms with Crippen molar-refractivity contribution in [2.75, 3.05) is 30.9 Å². The summed E-state index contributed by atoms with van der Waals surface area (Å²) in [5.74, 6) is 1.44. The molecule has 19 heavy (non-hydrogen) atoms. The number of nitrogens with two attached hydrogens (primary N) is 1. The van der Waals surface area contributed by atoms with Gasteiger partial charge in [-0.1, -0.05) is 13.8 Å². The van der Waals surface area contributed by atoms with E-state index < -0.39 is 6.09 Å². The van der Waals surface area contributed by atoms with E-state index in [-0.39, 0.29) is 5.92 Å². The largest absolute Gasteiger partial charge is 0.486 e. The van der Waals surface area contributed by atoms with E-state index in [2.05, 4.69) is 5.32 Å². The molecule has 0 radical (unpaired) electrons. The van der Waals surface area contributed by atoms with Crippen molar-refractivity contribution in [3.63, 3.8) is 0 Å². The zero-order valence-electron chi connectivity index (χ0n) is 11.1. The summed E-state index contributed by atoms with van der Waals surface area (Å²) in [6.45, 7) is 5.26. The summed E-state index contributed by atoms with van der Waals surface area (Å²) in [7, 11) is 0. The Morgan fingerprint density at radius 2 is 2.00 bits per heavy atom. The van der Waals surface area contributed by atoms with Crippen molar-refractivity contribution in [1.82, 2.24) is 0 Å². The fourth-order valence-corrected chi connectivity index (χ4v) is 1.60. The molecule has 1 aromatic carbocycles. The van der Waals surface area contributed by atoms with Gasteiger partial charge in [0, 0.05) is 12.1 Å². The second-order valence-corrected chi connectivity index (χ2v) is 4.70. The lowest BCUT2D eigenvalue weighted by atomic mass is 10.2. The van der Waals surface area contributed by atoms with E-state index in [1.807, 2.05) is 13.8 Å². The van der Waals surface area contributed by atoms with Crippen LogP contribution < -0.4 is 20.5 Å². The van der Waals surface area contributed by atoms with Crippen LogP contribution >= 0.6 is 0 Å². The van der Waals surface area contributed by atoms with Crippen molar-refractivity contribution in [2.45, 2.75) is 13.8 Å². The number of hydrogen-bond acceptors (Lipinski definition) is 5. The summed E-state index contributed by atoms with van der Waals surface area (Å²) in [4.78, 5) is 11.6. The van der Waals surface area contributed by atoms with Gasteiger partial charge < -0.3 is 19.9 Å². The molecule has 0 saturated carbocycles. The molecule has 0 aromatic heterocycles. The van der Waals surface area contributed by atoms with Crippen LogP contribution in [-0.2, 0) is 4.74 Å². The molecule has 0 unspecified atom stereocenters. The summed E-state index contributed by atoms with van der Waals surface area (Å²) in [5.41, 5.74) is 6.71. The van der Waals surface area contributed by atoms with Gasteiger partial charge in [-0.2, -0.15) is 0 Å². The fraction of sp³-hybridized carbons (Fsp3) is 0.462. The van der Waals surface area contributed by atoms with Gasteiger partial charge in [-0.05, 0) is 5.92 Å². The number of carbonyl (C=O) groups is 1. The number of ether oxygens (including phenoxy) is 3. The minimum atomic E-state index is -0.530. The Morgan fingerprint density at radius 1 is 1.37 bits per heavy atom. The second kappa shape index (κ2) is 5.69. The van der Waals surface area contributed by atoms with Crippen LogP contribution in [0.2, 0.25) is 0 Å². The van der Waals surface area contributed by atoms with Crippen LogP contribution in [0.5, 0.6) is 11.5 Å². The highest BCUT2D eigenvalue weighted by Crippen LogP contribution is 2.36. The second-order valence-electron chi connectivity index (χ2n) is 4.70. The maximum atomic E-state index is 11.6. The van der Waals surface area contributed by atoms with Crippen LogP contribution in [0.15, 0.2) is 12.1 Å². The van der Waals surface area contributed by atoms with E-state index >= 15 is 0 Å². The Bertz CT molecular complexity index is 474. The average Bonchev–Trinajstić information content (AvgIpc) is 2.37.